The minimum absolute atomic E-state index is 0.910. The number of H-pyrrole nitrogens is 1. The molecule has 0 fully saturated rings. The van der Waals surface area contributed by atoms with Gasteiger partial charge in [0.1, 0.15) is 0 Å². The second-order valence-electron chi connectivity index (χ2n) is 3.66. The first-order valence-electron chi connectivity index (χ1n) is 4.86. The van der Waals surface area contributed by atoms with E-state index < -0.39 is 0 Å². The van der Waals surface area contributed by atoms with E-state index >= 15 is 0 Å². The van der Waals surface area contributed by atoms with Crippen molar-refractivity contribution < 1.29 is 0 Å². The van der Waals surface area contributed by atoms with Gasteiger partial charge in [-0.1, -0.05) is 13.0 Å². The molecule has 1 aromatic heterocycles. The van der Waals surface area contributed by atoms with Crippen LogP contribution in [0.2, 0.25) is 0 Å². The molecule has 0 amide bonds. The molecule has 0 aliphatic carbocycles. The molecule has 14 heavy (non-hydrogen) atoms. The molecular weight excluding hydrogens is 174 g/mol. The molecule has 3 heteroatoms. The Bertz CT molecular complexity index is 443. The van der Waals surface area contributed by atoms with E-state index in [0.717, 1.165) is 23.4 Å². The van der Waals surface area contributed by atoms with Gasteiger partial charge in [-0.25, -0.2) is 4.98 Å². The zero-order valence-corrected chi connectivity index (χ0v) is 8.83. The molecule has 0 aliphatic heterocycles. The zero-order chi connectivity index (χ0) is 10.1. The van der Waals surface area contributed by atoms with Crippen LogP contribution in [0.25, 0.3) is 11.0 Å². The number of nitrogens with zero attached hydrogens (tertiary/aromatic N) is 2. The van der Waals surface area contributed by atoms with Crippen molar-refractivity contribution in [3.63, 3.8) is 0 Å². The Hall–Kier alpha value is -1.51. The Labute approximate surface area is 83.8 Å². The quantitative estimate of drug-likeness (QED) is 0.785. The first-order valence-corrected chi connectivity index (χ1v) is 4.86. The molecule has 1 heterocycles. The van der Waals surface area contributed by atoms with E-state index in [1.165, 1.54) is 5.56 Å². The third-order valence-corrected chi connectivity index (χ3v) is 2.37. The van der Waals surface area contributed by atoms with E-state index in [-0.39, 0.29) is 0 Å². The van der Waals surface area contributed by atoms with Gasteiger partial charge in [0.05, 0.1) is 11.0 Å². The number of fused-ring (bicyclic) bond motifs is 1. The predicted octanol–water partition coefficient (Wildman–Crippen LogP) is 2.19. The Morgan fingerprint density at radius 3 is 2.79 bits per heavy atom. The van der Waals surface area contributed by atoms with E-state index in [1.807, 2.05) is 19.0 Å². The lowest BCUT2D eigenvalue weighted by atomic mass is 10.1. The van der Waals surface area contributed by atoms with Crippen LogP contribution in [0.1, 0.15) is 12.5 Å². The summed E-state index contributed by atoms with van der Waals surface area (Å²) in [4.78, 5) is 9.72. The fraction of sp³-hybridized carbons (Fsp3) is 0.364. The third-order valence-electron chi connectivity index (χ3n) is 2.37. The van der Waals surface area contributed by atoms with Crippen molar-refractivity contribution >= 4 is 17.0 Å². The number of aromatic nitrogens is 2. The molecule has 0 aliphatic rings. The lowest BCUT2D eigenvalue weighted by molar-refractivity contribution is 1.05. The summed E-state index contributed by atoms with van der Waals surface area (Å²) >= 11 is 0. The highest BCUT2D eigenvalue weighted by Crippen LogP contribution is 2.17. The first kappa shape index (κ1) is 9.06. The van der Waals surface area contributed by atoms with Crippen molar-refractivity contribution in [2.75, 3.05) is 19.0 Å². The molecule has 2 aromatic rings. The highest BCUT2D eigenvalue weighted by Gasteiger charge is 2.03. The van der Waals surface area contributed by atoms with E-state index in [4.69, 9.17) is 0 Å². The largest absolute Gasteiger partial charge is 0.349 e. The number of anilines is 1. The predicted molar refractivity (Wildman–Crippen MR) is 59.8 cm³/mol. The fourth-order valence-electron chi connectivity index (χ4n) is 1.48. The maximum absolute atomic E-state index is 4.46. The highest BCUT2D eigenvalue weighted by molar-refractivity contribution is 5.78. The summed E-state index contributed by atoms with van der Waals surface area (Å²) in [5.41, 5.74) is 3.49. The van der Waals surface area contributed by atoms with Crippen LogP contribution in [0.15, 0.2) is 18.2 Å². The van der Waals surface area contributed by atoms with Crippen molar-refractivity contribution in [3.8, 4) is 0 Å². The van der Waals surface area contributed by atoms with E-state index in [0.29, 0.717) is 0 Å². The van der Waals surface area contributed by atoms with Crippen molar-refractivity contribution in [2.24, 2.45) is 0 Å². The minimum atomic E-state index is 0.910. The van der Waals surface area contributed by atoms with Crippen molar-refractivity contribution in [3.05, 3.63) is 23.8 Å². The van der Waals surface area contributed by atoms with Crippen molar-refractivity contribution in [2.45, 2.75) is 13.3 Å². The van der Waals surface area contributed by atoms with Crippen LogP contribution < -0.4 is 4.90 Å². The summed E-state index contributed by atoms with van der Waals surface area (Å²) in [6, 6.07) is 6.36. The van der Waals surface area contributed by atoms with Crippen LogP contribution >= 0.6 is 0 Å². The summed E-state index contributed by atoms with van der Waals surface area (Å²) in [7, 11) is 3.97. The molecule has 0 unspecified atom stereocenters. The van der Waals surface area contributed by atoms with E-state index in [1.54, 1.807) is 0 Å². The van der Waals surface area contributed by atoms with Gasteiger partial charge in [0.25, 0.3) is 0 Å². The van der Waals surface area contributed by atoms with Crippen molar-refractivity contribution in [1.82, 2.24) is 9.97 Å². The zero-order valence-electron chi connectivity index (χ0n) is 8.83. The second kappa shape index (κ2) is 3.33. The monoisotopic (exact) mass is 189 g/mol. The molecule has 3 nitrogen and oxygen atoms in total. The first-order chi connectivity index (χ1) is 6.70. The van der Waals surface area contributed by atoms with Gasteiger partial charge in [-0.3, -0.25) is 0 Å². The second-order valence-corrected chi connectivity index (χ2v) is 3.66. The van der Waals surface area contributed by atoms with E-state index in [9.17, 15) is 0 Å². The third kappa shape index (κ3) is 1.45. The Balaban J connectivity index is 2.54. The average molecular weight is 189 g/mol. The van der Waals surface area contributed by atoms with Crippen LogP contribution in [0.5, 0.6) is 0 Å². The van der Waals surface area contributed by atoms with Crippen LogP contribution in [0.3, 0.4) is 0 Å². The standard InChI is InChI=1S/C11H15N3/c1-4-8-5-6-9-10(7-8)13-11(12-9)14(2)3/h5-7H,4H2,1-3H3,(H,12,13). The smallest absolute Gasteiger partial charge is 0.203 e. The Kier molecular flexibility index (Phi) is 2.15. The molecule has 0 saturated heterocycles. The molecule has 0 atom stereocenters. The van der Waals surface area contributed by atoms with Crippen LogP contribution in [-0.4, -0.2) is 24.1 Å². The average Bonchev–Trinajstić information content (AvgIpc) is 2.59. The molecule has 1 N–H and O–H groups in total. The number of nitrogens with one attached hydrogen (secondary N) is 1. The SMILES string of the molecule is CCc1ccc2nc(N(C)C)[nH]c2c1. The van der Waals surface area contributed by atoms with E-state index in [2.05, 4.69) is 35.1 Å². The molecule has 0 bridgehead atoms. The summed E-state index contributed by atoms with van der Waals surface area (Å²) in [5, 5.41) is 0. The number of aromatic amines is 1. The van der Waals surface area contributed by atoms with Crippen LogP contribution in [0.4, 0.5) is 5.95 Å². The lowest BCUT2D eigenvalue weighted by Crippen LogP contribution is -2.09. The van der Waals surface area contributed by atoms with Gasteiger partial charge < -0.3 is 9.88 Å². The molecule has 0 saturated carbocycles. The molecule has 0 radical (unpaired) electrons. The number of imidazole rings is 1. The molecular formula is C11H15N3. The van der Waals surface area contributed by atoms with Gasteiger partial charge in [-0.05, 0) is 24.1 Å². The number of rotatable bonds is 2. The summed E-state index contributed by atoms with van der Waals surface area (Å²) in [5.74, 6) is 0.910. The number of aryl methyl sites for hydroxylation is 1. The summed E-state index contributed by atoms with van der Waals surface area (Å²) < 4.78 is 0. The highest BCUT2D eigenvalue weighted by atomic mass is 15.2. The summed E-state index contributed by atoms with van der Waals surface area (Å²) in [6.45, 7) is 2.16. The number of hydrogen-bond acceptors (Lipinski definition) is 2. The van der Waals surface area contributed by atoms with Gasteiger partial charge in [0.2, 0.25) is 5.95 Å². The fourth-order valence-corrected chi connectivity index (χ4v) is 1.48. The van der Waals surface area contributed by atoms with Crippen LogP contribution in [-0.2, 0) is 6.42 Å². The van der Waals surface area contributed by atoms with Gasteiger partial charge in [0.15, 0.2) is 0 Å². The molecule has 0 spiro atoms. The molecule has 2 rings (SSSR count). The van der Waals surface area contributed by atoms with Gasteiger partial charge in [-0.15, -0.1) is 0 Å². The lowest BCUT2D eigenvalue weighted by Gasteiger charge is -2.05. The number of benzene rings is 1. The summed E-state index contributed by atoms with van der Waals surface area (Å²) in [6.07, 6.45) is 1.06. The van der Waals surface area contributed by atoms with Gasteiger partial charge >= 0.3 is 0 Å². The van der Waals surface area contributed by atoms with Gasteiger partial charge in [0, 0.05) is 14.1 Å². The van der Waals surface area contributed by atoms with Crippen molar-refractivity contribution in [1.29, 1.82) is 0 Å². The number of hydrogen-bond donors (Lipinski definition) is 1. The Morgan fingerprint density at radius 2 is 2.14 bits per heavy atom. The molecule has 1 aromatic carbocycles. The van der Waals surface area contributed by atoms with Crippen LogP contribution in [0, 0.1) is 0 Å². The maximum Gasteiger partial charge on any atom is 0.203 e. The Morgan fingerprint density at radius 1 is 1.36 bits per heavy atom. The molecule has 74 valence electrons. The minimum Gasteiger partial charge on any atom is -0.349 e. The topological polar surface area (TPSA) is 31.9 Å². The maximum atomic E-state index is 4.46. The normalized spacial score (nSPS) is 10.8. The van der Waals surface area contributed by atoms with Gasteiger partial charge in [-0.2, -0.15) is 0 Å².